The minimum atomic E-state index is -0.257. The summed E-state index contributed by atoms with van der Waals surface area (Å²) in [7, 11) is 0. The third-order valence-corrected chi connectivity index (χ3v) is 0.759. The molecule has 2 N–H and O–H groups in total. The molecule has 0 aromatic heterocycles. The molecule has 0 spiro atoms. The van der Waals surface area contributed by atoms with Crippen molar-refractivity contribution < 1.29 is 4.74 Å². The molecule has 1 heterocycles. The highest BCUT2D eigenvalue weighted by Gasteiger charge is 2.03. The quantitative estimate of drug-likeness (QED) is 0.474. The van der Waals surface area contributed by atoms with E-state index in [2.05, 4.69) is 6.58 Å². The second kappa shape index (κ2) is 1.39. The van der Waals surface area contributed by atoms with Gasteiger partial charge in [-0.05, 0) is 12.2 Å². The van der Waals surface area contributed by atoms with Crippen LogP contribution in [0, 0.1) is 0 Å². The molecular weight excluding hydrogens is 90.1 g/mol. The Morgan fingerprint density at radius 3 is 2.71 bits per heavy atom. The molecule has 2 nitrogen and oxygen atoms in total. The first-order valence-corrected chi connectivity index (χ1v) is 2.08. The maximum atomic E-state index is 5.26. The minimum Gasteiger partial charge on any atom is -0.473 e. The van der Waals surface area contributed by atoms with E-state index < -0.39 is 0 Å². The number of allylic oxidation sites excluding steroid dienone is 1. The summed E-state index contributed by atoms with van der Waals surface area (Å²) in [6.45, 7) is 3.52. The van der Waals surface area contributed by atoms with Gasteiger partial charge in [-0.3, -0.25) is 5.73 Å². The van der Waals surface area contributed by atoms with Crippen molar-refractivity contribution in [3.05, 3.63) is 24.5 Å². The maximum absolute atomic E-state index is 5.26. The number of rotatable bonds is 0. The zero-order valence-electron chi connectivity index (χ0n) is 3.92. The van der Waals surface area contributed by atoms with Gasteiger partial charge in [-0.25, -0.2) is 0 Å². The summed E-state index contributed by atoms with van der Waals surface area (Å²) in [5, 5.41) is 0. The highest BCUT2D eigenvalue weighted by Crippen LogP contribution is 2.06. The van der Waals surface area contributed by atoms with Crippen molar-refractivity contribution in [2.24, 2.45) is 5.73 Å². The Bertz CT molecular complexity index is 117. The van der Waals surface area contributed by atoms with Crippen LogP contribution < -0.4 is 5.73 Å². The van der Waals surface area contributed by atoms with Crippen LogP contribution in [-0.2, 0) is 4.74 Å². The van der Waals surface area contributed by atoms with E-state index in [0.717, 1.165) is 0 Å². The van der Waals surface area contributed by atoms with E-state index in [-0.39, 0.29) is 6.23 Å². The standard InChI is InChI=1S/C5H7NO/c1-4-2-3-5(6)7-4/h2-3,5H,1,6H2. The summed E-state index contributed by atoms with van der Waals surface area (Å²) in [5.74, 6) is 0.646. The molecule has 0 amide bonds. The number of ether oxygens (including phenoxy) is 1. The molecule has 0 saturated carbocycles. The second-order valence-electron chi connectivity index (χ2n) is 1.41. The molecule has 0 radical (unpaired) electrons. The molecule has 1 aliphatic heterocycles. The Labute approximate surface area is 42.3 Å². The van der Waals surface area contributed by atoms with Crippen molar-refractivity contribution in [2.45, 2.75) is 6.23 Å². The van der Waals surface area contributed by atoms with Gasteiger partial charge in [0.05, 0.1) is 0 Å². The summed E-state index contributed by atoms with van der Waals surface area (Å²) in [6, 6.07) is 0. The van der Waals surface area contributed by atoms with E-state index in [1.54, 1.807) is 12.2 Å². The van der Waals surface area contributed by atoms with Gasteiger partial charge >= 0.3 is 0 Å². The zero-order chi connectivity index (χ0) is 5.28. The SMILES string of the molecule is C=C1C=CC(N)O1. The van der Waals surface area contributed by atoms with E-state index in [9.17, 15) is 0 Å². The third kappa shape index (κ3) is 0.810. The highest BCUT2D eigenvalue weighted by atomic mass is 16.5. The first kappa shape index (κ1) is 4.40. The lowest BCUT2D eigenvalue weighted by Gasteiger charge is -1.99. The average molecular weight is 97.1 g/mol. The Morgan fingerprint density at radius 1 is 1.86 bits per heavy atom. The fraction of sp³-hybridized carbons (Fsp3) is 0.200. The van der Waals surface area contributed by atoms with Crippen molar-refractivity contribution in [3.63, 3.8) is 0 Å². The van der Waals surface area contributed by atoms with E-state index in [4.69, 9.17) is 10.5 Å². The van der Waals surface area contributed by atoms with Crippen molar-refractivity contribution in [3.8, 4) is 0 Å². The fourth-order valence-electron chi connectivity index (χ4n) is 0.456. The Kier molecular flexibility index (Phi) is 0.872. The van der Waals surface area contributed by atoms with Gasteiger partial charge in [-0.1, -0.05) is 6.58 Å². The summed E-state index contributed by atoms with van der Waals surface area (Å²) < 4.78 is 4.83. The Morgan fingerprint density at radius 2 is 2.57 bits per heavy atom. The molecule has 0 aromatic carbocycles. The topological polar surface area (TPSA) is 35.2 Å². The van der Waals surface area contributed by atoms with Crippen molar-refractivity contribution in [1.82, 2.24) is 0 Å². The molecule has 1 aliphatic rings. The summed E-state index contributed by atoms with van der Waals surface area (Å²) in [6.07, 6.45) is 3.25. The van der Waals surface area contributed by atoms with Crippen LogP contribution in [0.5, 0.6) is 0 Å². The zero-order valence-corrected chi connectivity index (χ0v) is 3.92. The number of nitrogens with two attached hydrogens (primary N) is 1. The average Bonchev–Trinajstić information content (AvgIpc) is 1.87. The normalized spacial score (nSPS) is 28.1. The fourth-order valence-corrected chi connectivity index (χ4v) is 0.456. The van der Waals surface area contributed by atoms with Crippen LogP contribution in [0.15, 0.2) is 24.5 Å². The van der Waals surface area contributed by atoms with Gasteiger partial charge in [-0.2, -0.15) is 0 Å². The molecule has 7 heavy (non-hydrogen) atoms. The predicted molar refractivity (Wildman–Crippen MR) is 27.3 cm³/mol. The minimum absolute atomic E-state index is 0.257. The van der Waals surface area contributed by atoms with Gasteiger partial charge in [0.2, 0.25) is 0 Å². The first-order chi connectivity index (χ1) is 3.29. The predicted octanol–water partition coefficient (Wildman–Crippen LogP) is 0.371. The molecule has 38 valence electrons. The summed E-state index contributed by atoms with van der Waals surface area (Å²) in [4.78, 5) is 0. The lowest BCUT2D eigenvalue weighted by Crippen LogP contribution is -2.15. The smallest absolute Gasteiger partial charge is 0.167 e. The summed E-state index contributed by atoms with van der Waals surface area (Å²) in [5.41, 5.74) is 5.26. The molecule has 2 heteroatoms. The molecule has 0 aromatic rings. The van der Waals surface area contributed by atoms with Gasteiger partial charge in [0.1, 0.15) is 5.76 Å². The monoisotopic (exact) mass is 97.1 g/mol. The van der Waals surface area contributed by atoms with E-state index in [1.807, 2.05) is 0 Å². The Hall–Kier alpha value is -0.760. The van der Waals surface area contributed by atoms with Gasteiger partial charge in [0.15, 0.2) is 6.23 Å². The van der Waals surface area contributed by atoms with Crippen LogP contribution >= 0.6 is 0 Å². The lowest BCUT2D eigenvalue weighted by molar-refractivity contribution is 0.189. The van der Waals surface area contributed by atoms with Crippen LogP contribution in [0.25, 0.3) is 0 Å². The second-order valence-corrected chi connectivity index (χ2v) is 1.41. The van der Waals surface area contributed by atoms with Gasteiger partial charge in [-0.15, -0.1) is 0 Å². The first-order valence-electron chi connectivity index (χ1n) is 2.08. The molecule has 0 fully saturated rings. The molecule has 0 bridgehead atoms. The van der Waals surface area contributed by atoms with Crippen molar-refractivity contribution in [2.75, 3.05) is 0 Å². The lowest BCUT2D eigenvalue weighted by atomic mass is 10.5. The van der Waals surface area contributed by atoms with Crippen LogP contribution in [0.3, 0.4) is 0 Å². The van der Waals surface area contributed by atoms with E-state index in [0.29, 0.717) is 5.76 Å². The molecule has 1 rings (SSSR count). The number of hydrogen-bond acceptors (Lipinski definition) is 2. The summed E-state index contributed by atoms with van der Waals surface area (Å²) >= 11 is 0. The largest absolute Gasteiger partial charge is 0.473 e. The van der Waals surface area contributed by atoms with Gasteiger partial charge in [0, 0.05) is 0 Å². The van der Waals surface area contributed by atoms with Crippen LogP contribution in [0.4, 0.5) is 0 Å². The maximum Gasteiger partial charge on any atom is 0.167 e. The molecule has 0 saturated heterocycles. The van der Waals surface area contributed by atoms with Crippen LogP contribution in [-0.4, -0.2) is 6.23 Å². The van der Waals surface area contributed by atoms with Crippen molar-refractivity contribution in [1.29, 1.82) is 0 Å². The van der Waals surface area contributed by atoms with Crippen LogP contribution in [0.2, 0.25) is 0 Å². The molecule has 1 unspecified atom stereocenters. The van der Waals surface area contributed by atoms with E-state index in [1.165, 1.54) is 0 Å². The van der Waals surface area contributed by atoms with Gasteiger partial charge < -0.3 is 4.74 Å². The van der Waals surface area contributed by atoms with Gasteiger partial charge in [0.25, 0.3) is 0 Å². The third-order valence-electron chi connectivity index (χ3n) is 0.759. The molecular formula is C5H7NO. The highest BCUT2D eigenvalue weighted by molar-refractivity contribution is 5.14. The number of hydrogen-bond donors (Lipinski definition) is 1. The molecule has 0 aliphatic carbocycles. The van der Waals surface area contributed by atoms with E-state index >= 15 is 0 Å². The Balaban J connectivity index is 2.58. The van der Waals surface area contributed by atoms with Crippen LogP contribution in [0.1, 0.15) is 0 Å². The molecule has 1 atom stereocenters. The van der Waals surface area contributed by atoms with Crippen molar-refractivity contribution >= 4 is 0 Å².